The Morgan fingerprint density at radius 3 is 2.73 bits per heavy atom. The monoisotopic (exact) mass is 365 g/mol. The second kappa shape index (κ2) is 6.45. The highest BCUT2D eigenvalue weighted by molar-refractivity contribution is 5.95. The van der Waals surface area contributed by atoms with Gasteiger partial charge in [-0.2, -0.15) is 8.78 Å². The molecule has 2 aliphatic heterocycles. The molecule has 0 aromatic heterocycles. The molecule has 4 nitrogen and oxygen atoms in total. The minimum Gasteiger partial charge on any atom is -0.459 e. The van der Waals surface area contributed by atoms with Crippen LogP contribution in [-0.2, 0) is 16.7 Å². The number of hydrogen-bond donors (Lipinski definition) is 1. The molecule has 2 heterocycles. The van der Waals surface area contributed by atoms with Crippen molar-refractivity contribution in [3.05, 3.63) is 46.8 Å². The summed E-state index contributed by atoms with van der Waals surface area (Å²) >= 11 is 0. The molecule has 3 rings (SSSR count). The third kappa shape index (κ3) is 3.22. The molecule has 1 aromatic rings. The zero-order chi connectivity index (χ0) is 19.1. The number of hydrogen-bond acceptors (Lipinski definition) is 4. The third-order valence-electron chi connectivity index (χ3n) is 5.08. The molecule has 0 amide bonds. The molecule has 0 saturated heterocycles. The molecule has 0 radical (unpaired) electrons. The summed E-state index contributed by atoms with van der Waals surface area (Å²) in [4.78, 5) is 8.10. The van der Waals surface area contributed by atoms with E-state index in [0.29, 0.717) is 13.0 Å². The first-order valence-corrected chi connectivity index (χ1v) is 8.49. The number of nitrogens with zero attached hydrogens (tertiary/aromatic N) is 2. The number of ether oxygens (including phenoxy) is 1. The average Bonchev–Trinajstić information content (AvgIpc) is 3.00. The van der Waals surface area contributed by atoms with Gasteiger partial charge in [-0.05, 0) is 49.5 Å². The fraction of sp³-hybridized carbons (Fsp3) is 0.474. The summed E-state index contributed by atoms with van der Waals surface area (Å²) < 4.78 is 48.1. The number of allylic oxidation sites excluding steroid dienone is 1. The van der Waals surface area contributed by atoms with Gasteiger partial charge in [0.25, 0.3) is 6.02 Å². The van der Waals surface area contributed by atoms with Crippen molar-refractivity contribution >= 4 is 11.7 Å². The lowest BCUT2D eigenvalue weighted by Gasteiger charge is -2.37. The van der Waals surface area contributed by atoms with Crippen LogP contribution in [0.25, 0.3) is 0 Å². The first-order chi connectivity index (χ1) is 12.1. The number of nitrogens with two attached hydrogens (primary N) is 1. The Morgan fingerprint density at radius 1 is 1.35 bits per heavy atom. The van der Waals surface area contributed by atoms with Crippen LogP contribution in [0.4, 0.5) is 13.2 Å². The van der Waals surface area contributed by atoms with E-state index in [2.05, 4.69) is 14.7 Å². The fourth-order valence-electron chi connectivity index (χ4n) is 3.33. The number of benzene rings is 1. The number of aliphatic imine (C=N–C) groups is 2. The van der Waals surface area contributed by atoms with Crippen LogP contribution >= 0.6 is 0 Å². The maximum absolute atomic E-state index is 14.5. The van der Waals surface area contributed by atoms with E-state index in [0.717, 1.165) is 11.3 Å². The van der Waals surface area contributed by atoms with Crippen molar-refractivity contribution in [3.63, 3.8) is 0 Å². The van der Waals surface area contributed by atoms with Gasteiger partial charge in [-0.1, -0.05) is 19.1 Å². The lowest BCUT2D eigenvalue weighted by Crippen LogP contribution is -2.51. The molecule has 26 heavy (non-hydrogen) atoms. The predicted octanol–water partition coefficient (Wildman–Crippen LogP) is 3.60. The van der Waals surface area contributed by atoms with Crippen molar-refractivity contribution in [1.29, 1.82) is 0 Å². The molecule has 0 aliphatic carbocycles. The molecule has 2 N–H and O–H groups in total. The maximum atomic E-state index is 14.5. The summed E-state index contributed by atoms with van der Waals surface area (Å²) in [5, 5.41) is 0. The van der Waals surface area contributed by atoms with Crippen LogP contribution in [0, 0.1) is 11.7 Å². The highest BCUT2D eigenvalue weighted by Gasteiger charge is 2.56. The average molecular weight is 365 g/mol. The van der Waals surface area contributed by atoms with Crippen LogP contribution in [0.5, 0.6) is 0 Å². The number of alkyl halides is 2. The van der Waals surface area contributed by atoms with Gasteiger partial charge in [0.2, 0.25) is 0 Å². The molecule has 140 valence electrons. The molecular weight excluding hydrogens is 343 g/mol. The van der Waals surface area contributed by atoms with Gasteiger partial charge in [0, 0.05) is 11.3 Å². The standard InChI is InChI=1S/C19H22F3N3O/c1-11(14-7-12(2)24-9-14)6-13-4-5-16(20)15(8-13)18(3)19(21,22)10-26-17(23)25-18/h4-5,7-8,11H,6,9-10H2,1-3H3,(H2,23,25)/t11?,18-/m1/s1. The molecule has 1 unspecified atom stereocenters. The molecule has 2 aliphatic rings. The normalized spacial score (nSPS) is 25.8. The zero-order valence-electron chi connectivity index (χ0n) is 15.0. The Balaban J connectivity index is 1.93. The topological polar surface area (TPSA) is 60.0 Å². The molecule has 0 saturated carbocycles. The van der Waals surface area contributed by atoms with E-state index in [9.17, 15) is 13.2 Å². The van der Waals surface area contributed by atoms with Gasteiger partial charge < -0.3 is 10.5 Å². The Bertz CT molecular complexity index is 816. The summed E-state index contributed by atoms with van der Waals surface area (Å²) in [6.07, 6.45) is 2.63. The van der Waals surface area contributed by atoms with E-state index < -0.39 is 23.9 Å². The third-order valence-corrected chi connectivity index (χ3v) is 5.08. The maximum Gasteiger partial charge on any atom is 0.310 e. The minimum absolute atomic E-state index is 0.172. The minimum atomic E-state index is -3.38. The molecule has 0 fully saturated rings. The van der Waals surface area contributed by atoms with E-state index in [1.807, 2.05) is 19.9 Å². The Labute approximate surface area is 150 Å². The van der Waals surface area contributed by atoms with Crippen LogP contribution in [0.2, 0.25) is 0 Å². The summed E-state index contributed by atoms with van der Waals surface area (Å²) in [7, 11) is 0. The van der Waals surface area contributed by atoms with Gasteiger partial charge in [0.15, 0.2) is 12.1 Å². The van der Waals surface area contributed by atoms with Crippen LogP contribution in [0.3, 0.4) is 0 Å². The van der Waals surface area contributed by atoms with Gasteiger partial charge in [0.1, 0.15) is 5.82 Å². The van der Waals surface area contributed by atoms with E-state index >= 15 is 0 Å². The first kappa shape index (κ1) is 18.5. The number of rotatable bonds is 4. The van der Waals surface area contributed by atoms with Gasteiger partial charge in [-0.15, -0.1) is 0 Å². The van der Waals surface area contributed by atoms with Gasteiger partial charge in [-0.25, -0.2) is 9.38 Å². The SMILES string of the molecule is CC1=NCC(C(C)Cc2ccc(F)c([C@@]3(C)N=C(N)OCC3(F)F)c2)=C1. The highest BCUT2D eigenvalue weighted by atomic mass is 19.3. The van der Waals surface area contributed by atoms with Gasteiger partial charge in [-0.3, -0.25) is 4.99 Å². The smallest absolute Gasteiger partial charge is 0.310 e. The highest BCUT2D eigenvalue weighted by Crippen LogP contribution is 2.44. The van der Waals surface area contributed by atoms with Crippen molar-refractivity contribution in [2.45, 2.75) is 38.7 Å². The number of amidine groups is 1. The van der Waals surface area contributed by atoms with Crippen molar-refractivity contribution in [3.8, 4) is 0 Å². The summed E-state index contributed by atoms with van der Waals surface area (Å²) in [6, 6.07) is 3.93. The Morgan fingerprint density at radius 2 is 2.08 bits per heavy atom. The molecule has 0 spiro atoms. The van der Waals surface area contributed by atoms with Crippen LogP contribution in [-0.4, -0.2) is 30.8 Å². The van der Waals surface area contributed by atoms with E-state index in [-0.39, 0.29) is 17.5 Å². The van der Waals surface area contributed by atoms with Crippen LogP contribution < -0.4 is 5.73 Å². The van der Waals surface area contributed by atoms with Gasteiger partial charge in [0.05, 0.1) is 6.54 Å². The van der Waals surface area contributed by atoms with Crippen molar-refractivity contribution in [1.82, 2.24) is 0 Å². The Kier molecular flexibility index (Phi) is 4.58. The van der Waals surface area contributed by atoms with Gasteiger partial charge >= 0.3 is 5.92 Å². The molecule has 0 bridgehead atoms. The number of halogens is 3. The zero-order valence-corrected chi connectivity index (χ0v) is 15.0. The second-order valence-corrected chi connectivity index (χ2v) is 7.11. The summed E-state index contributed by atoms with van der Waals surface area (Å²) in [5.41, 5.74) is 6.12. The van der Waals surface area contributed by atoms with E-state index in [4.69, 9.17) is 5.73 Å². The molecular formula is C19H22F3N3O. The lowest BCUT2D eigenvalue weighted by atomic mass is 9.83. The summed E-state index contributed by atoms with van der Waals surface area (Å²) in [5.74, 6) is -3.94. The predicted molar refractivity (Wildman–Crippen MR) is 95.2 cm³/mol. The van der Waals surface area contributed by atoms with Crippen molar-refractivity contribution < 1.29 is 17.9 Å². The quantitative estimate of drug-likeness (QED) is 0.886. The first-order valence-electron chi connectivity index (χ1n) is 8.49. The van der Waals surface area contributed by atoms with Crippen molar-refractivity contribution in [2.75, 3.05) is 13.2 Å². The van der Waals surface area contributed by atoms with E-state index in [1.54, 1.807) is 6.07 Å². The lowest BCUT2D eigenvalue weighted by molar-refractivity contribution is -0.117. The fourth-order valence-corrected chi connectivity index (χ4v) is 3.33. The Hall–Kier alpha value is -2.31. The second-order valence-electron chi connectivity index (χ2n) is 7.11. The molecule has 2 atom stereocenters. The molecule has 7 heteroatoms. The van der Waals surface area contributed by atoms with Crippen molar-refractivity contribution in [2.24, 2.45) is 21.6 Å². The molecule has 1 aromatic carbocycles. The summed E-state index contributed by atoms with van der Waals surface area (Å²) in [6.45, 7) is 4.89. The van der Waals surface area contributed by atoms with Crippen LogP contribution in [0.15, 0.2) is 39.8 Å². The largest absolute Gasteiger partial charge is 0.459 e. The van der Waals surface area contributed by atoms with Crippen LogP contribution in [0.1, 0.15) is 31.9 Å². The van der Waals surface area contributed by atoms with E-state index in [1.165, 1.54) is 24.6 Å².